The van der Waals surface area contributed by atoms with E-state index in [9.17, 15) is 40.2 Å². The molecule has 1 aliphatic carbocycles. The predicted octanol–water partition coefficient (Wildman–Crippen LogP) is 2.03. The molecule has 180 valence electrons. The van der Waals surface area contributed by atoms with Gasteiger partial charge in [0.05, 0.1) is 16.5 Å². The molecule has 1 aromatic rings. The largest absolute Gasteiger partial charge is 0.512 e. The molecule has 2 rings (SSSR count). The van der Waals surface area contributed by atoms with Crippen LogP contribution in [0.1, 0.15) is 43.3 Å². The molecule has 0 saturated heterocycles. The summed E-state index contributed by atoms with van der Waals surface area (Å²) < 4.78 is 0. The van der Waals surface area contributed by atoms with Crippen LogP contribution in [0.4, 0.5) is 0 Å². The minimum Gasteiger partial charge on any atom is -0.512 e. The van der Waals surface area contributed by atoms with E-state index >= 15 is 0 Å². The lowest BCUT2D eigenvalue weighted by Gasteiger charge is -2.27. The second kappa shape index (κ2) is 11.5. The van der Waals surface area contributed by atoms with Crippen LogP contribution in [0.15, 0.2) is 46.8 Å². The first-order valence-electron chi connectivity index (χ1n) is 10.3. The van der Waals surface area contributed by atoms with Gasteiger partial charge in [-0.25, -0.2) is 4.98 Å². The molecule has 0 aromatic carbocycles. The molecule has 3 atom stereocenters. The molecule has 6 N–H and O–H groups in total. The van der Waals surface area contributed by atoms with Crippen molar-refractivity contribution in [2.45, 2.75) is 57.5 Å². The zero-order valence-electron chi connectivity index (χ0n) is 18.4. The molecule has 0 bridgehead atoms. The lowest BCUT2D eigenvalue weighted by atomic mass is 9.87. The number of ketones is 2. The summed E-state index contributed by atoms with van der Waals surface area (Å²) in [7, 11) is 0. The van der Waals surface area contributed by atoms with Crippen LogP contribution in [0.3, 0.4) is 0 Å². The average molecular weight is 480 g/mol. The molecule has 0 spiro atoms. The number of aromatic nitrogens is 1. The molecule has 0 radical (unpaired) electrons. The van der Waals surface area contributed by atoms with Crippen LogP contribution in [0, 0.1) is 12.8 Å². The van der Waals surface area contributed by atoms with Crippen LogP contribution in [-0.4, -0.2) is 65.2 Å². The minimum atomic E-state index is -3.40. The summed E-state index contributed by atoms with van der Waals surface area (Å²) in [6.45, 7) is 3.67. The Morgan fingerprint density at radius 2 is 1.91 bits per heavy atom. The van der Waals surface area contributed by atoms with E-state index in [2.05, 4.69) is 4.98 Å². The number of aliphatic hydroxyl groups excluding tert-OH is 4. The van der Waals surface area contributed by atoms with Gasteiger partial charge in [-0.3, -0.25) is 9.59 Å². The number of thiazole rings is 1. The van der Waals surface area contributed by atoms with Crippen LogP contribution >= 0.6 is 11.3 Å². The van der Waals surface area contributed by atoms with Crippen molar-refractivity contribution in [2.24, 2.45) is 5.92 Å². The number of hydrogen-bond acceptors (Lipinski definition) is 10. The van der Waals surface area contributed by atoms with E-state index in [1.165, 1.54) is 23.5 Å². The van der Waals surface area contributed by atoms with Crippen molar-refractivity contribution in [1.29, 1.82) is 0 Å². The summed E-state index contributed by atoms with van der Waals surface area (Å²) in [6.07, 6.45) is 1.61. The van der Waals surface area contributed by atoms with Gasteiger partial charge < -0.3 is 30.6 Å². The zero-order chi connectivity index (χ0) is 24.8. The Balaban J connectivity index is 2.37. The highest BCUT2D eigenvalue weighted by Crippen LogP contribution is 2.26. The monoisotopic (exact) mass is 479 g/mol. The van der Waals surface area contributed by atoms with Crippen molar-refractivity contribution in [2.75, 3.05) is 0 Å². The highest BCUT2D eigenvalue weighted by Gasteiger charge is 2.44. The third-order valence-electron chi connectivity index (χ3n) is 5.23. The Hall–Kier alpha value is -2.63. The van der Waals surface area contributed by atoms with Crippen molar-refractivity contribution in [3.05, 3.63) is 57.5 Å². The first-order chi connectivity index (χ1) is 15.4. The van der Waals surface area contributed by atoms with Crippen LogP contribution in [0.2, 0.25) is 0 Å². The van der Waals surface area contributed by atoms with Gasteiger partial charge >= 0.3 is 0 Å². The summed E-state index contributed by atoms with van der Waals surface area (Å²) in [5.74, 6) is -6.52. The molecular formula is C23H29NO8S. The van der Waals surface area contributed by atoms with E-state index in [-0.39, 0.29) is 25.0 Å². The zero-order valence-corrected chi connectivity index (χ0v) is 19.2. The molecule has 0 unspecified atom stereocenters. The average Bonchev–Trinajstić information content (AvgIpc) is 3.13. The maximum Gasteiger partial charge on any atom is 0.254 e. The summed E-state index contributed by atoms with van der Waals surface area (Å²) >= 11 is 1.47. The predicted molar refractivity (Wildman–Crippen MR) is 122 cm³/mol. The fraction of sp³-hybridized carbons (Fsp3) is 0.435. The molecule has 33 heavy (non-hydrogen) atoms. The van der Waals surface area contributed by atoms with Crippen molar-refractivity contribution in [3.63, 3.8) is 0 Å². The van der Waals surface area contributed by atoms with E-state index in [4.69, 9.17) is 0 Å². The lowest BCUT2D eigenvalue weighted by Crippen LogP contribution is -2.54. The van der Waals surface area contributed by atoms with Gasteiger partial charge in [-0.05, 0) is 50.5 Å². The van der Waals surface area contributed by atoms with Gasteiger partial charge in [0.2, 0.25) is 5.78 Å². The van der Waals surface area contributed by atoms with Gasteiger partial charge in [0.1, 0.15) is 23.8 Å². The smallest absolute Gasteiger partial charge is 0.254 e. The van der Waals surface area contributed by atoms with Crippen molar-refractivity contribution >= 4 is 29.0 Å². The van der Waals surface area contributed by atoms with Gasteiger partial charge in [0.15, 0.2) is 0 Å². The number of allylic oxidation sites excluding steroid dienone is 4. The third kappa shape index (κ3) is 7.72. The highest BCUT2D eigenvalue weighted by atomic mass is 32.1. The fourth-order valence-electron chi connectivity index (χ4n) is 3.28. The number of Topliss-reactive ketones (excluding diaryl/α,β-unsaturated/α-hetero) is 2. The topological polar surface area (TPSA) is 168 Å². The number of rotatable bonds is 2. The second-order valence-electron chi connectivity index (χ2n) is 8.00. The molecule has 0 amide bonds. The van der Waals surface area contributed by atoms with Gasteiger partial charge in [0.25, 0.3) is 5.79 Å². The quantitative estimate of drug-likeness (QED) is 0.348. The Morgan fingerprint density at radius 1 is 1.21 bits per heavy atom. The molecule has 1 aromatic heterocycles. The highest BCUT2D eigenvalue weighted by molar-refractivity contribution is 7.09. The maximum absolute atomic E-state index is 12.6. The van der Waals surface area contributed by atoms with E-state index in [1.807, 2.05) is 18.4 Å². The van der Waals surface area contributed by atoms with E-state index < -0.39 is 47.7 Å². The molecule has 9 nitrogen and oxygen atoms in total. The van der Waals surface area contributed by atoms with Gasteiger partial charge in [-0.2, -0.15) is 0 Å². The third-order valence-corrected chi connectivity index (χ3v) is 6.02. The SMILES string of the molecule is C/C(=C/c1csc(C)n1)[C@H]1C/C=C(/O)C/C=C\C(O)=C\[C@@H](O)C(=O)C(O)(O)[C@@H](O)CC(=O)C1. The van der Waals surface area contributed by atoms with Gasteiger partial charge in [-0.15, -0.1) is 11.3 Å². The summed E-state index contributed by atoms with van der Waals surface area (Å²) in [4.78, 5) is 29.2. The molecule has 1 heterocycles. The fourth-order valence-corrected chi connectivity index (χ4v) is 3.85. The normalized spacial score (nSPS) is 30.2. The number of hydrogen-bond donors (Lipinski definition) is 6. The van der Waals surface area contributed by atoms with Gasteiger partial charge in [0, 0.05) is 24.6 Å². The van der Waals surface area contributed by atoms with E-state index in [1.54, 1.807) is 6.92 Å². The van der Waals surface area contributed by atoms with Crippen LogP contribution in [0.25, 0.3) is 6.08 Å². The van der Waals surface area contributed by atoms with Crippen LogP contribution in [-0.2, 0) is 9.59 Å². The van der Waals surface area contributed by atoms with Crippen LogP contribution in [0.5, 0.6) is 0 Å². The molecule has 0 saturated carbocycles. The number of nitrogens with zero attached hydrogens (tertiary/aromatic N) is 1. The molecule has 1 aliphatic rings. The van der Waals surface area contributed by atoms with Crippen molar-refractivity contribution < 1.29 is 40.2 Å². The molecule has 0 aliphatic heterocycles. The molecule has 0 fully saturated rings. The minimum absolute atomic E-state index is 0.0118. The number of carbonyl (C=O) groups excluding carboxylic acids is 2. The van der Waals surface area contributed by atoms with Crippen LogP contribution < -0.4 is 0 Å². The van der Waals surface area contributed by atoms with Gasteiger partial charge in [-0.1, -0.05) is 11.6 Å². The lowest BCUT2D eigenvalue weighted by molar-refractivity contribution is -0.224. The number of aliphatic hydroxyl groups is 6. The Bertz CT molecular complexity index is 988. The second-order valence-corrected chi connectivity index (χ2v) is 9.07. The number of aryl methyl sites for hydroxylation is 1. The maximum atomic E-state index is 12.6. The summed E-state index contributed by atoms with van der Waals surface area (Å²) in [6, 6.07) is 0. The molecular weight excluding hydrogens is 450 g/mol. The van der Waals surface area contributed by atoms with Crippen molar-refractivity contribution in [3.8, 4) is 0 Å². The molecule has 10 heteroatoms. The number of carbonyl (C=O) groups is 2. The summed E-state index contributed by atoms with van der Waals surface area (Å²) in [5, 5.41) is 62.8. The van der Waals surface area contributed by atoms with E-state index in [0.29, 0.717) is 6.08 Å². The first kappa shape index (κ1) is 26.6. The van der Waals surface area contributed by atoms with Crippen molar-refractivity contribution in [1.82, 2.24) is 4.98 Å². The standard InChI is InChI=1S/C23H29NO8S/c1-13(8-16-12-33-14(2)24-16)15-6-7-17(25)4-3-5-18(26)10-20(28)22(30)23(31,32)21(29)11-19(27)9-15/h3,5,7-8,10,12,15,20-21,25-26,28-29,31-32H,4,6,9,11H2,1-2H3/b5-3-,13-8-,17-7+,18-10-/t15-,20+,21-/m0/s1. The Labute approximate surface area is 195 Å². The summed E-state index contributed by atoms with van der Waals surface area (Å²) in [5.41, 5.74) is 1.51. The first-order valence-corrected chi connectivity index (χ1v) is 11.2. The Kier molecular flexibility index (Phi) is 9.26. The Morgan fingerprint density at radius 3 is 2.55 bits per heavy atom. The van der Waals surface area contributed by atoms with E-state index in [0.717, 1.165) is 22.4 Å².